The molecular weight excluding hydrogens is 484 g/mol. The van der Waals surface area contributed by atoms with Gasteiger partial charge in [-0.15, -0.1) is 0 Å². The largest absolute Gasteiger partial charge is 0.0646 e. The lowest BCUT2D eigenvalue weighted by molar-refractivity contribution is 0.274. The zero-order valence-electron chi connectivity index (χ0n) is 17.7. The van der Waals surface area contributed by atoms with Gasteiger partial charge in [-0.2, -0.15) is 0 Å². The maximum Gasteiger partial charge on any atom is 0.0285 e. The van der Waals surface area contributed by atoms with Crippen LogP contribution in [0.25, 0.3) is 12.2 Å². The van der Waals surface area contributed by atoms with Crippen LogP contribution in [0.1, 0.15) is 85.8 Å². The van der Waals surface area contributed by atoms with Gasteiger partial charge in [0, 0.05) is 20.8 Å². The molecule has 0 bridgehead atoms. The van der Waals surface area contributed by atoms with Crippen LogP contribution in [0.15, 0.2) is 44.4 Å². The van der Waals surface area contributed by atoms with E-state index < -0.39 is 0 Å². The van der Waals surface area contributed by atoms with E-state index in [2.05, 4.69) is 96.0 Å². The van der Waals surface area contributed by atoms with E-state index in [0.717, 1.165) is 0 Å². The van der Waals surface area contributed by atoms with Gasteiger partial charge < -0.3 is 0 Å². The molecule has 0 amide bonds. The summed E-state index contributed by atoms with van der Waals surface area (Å²) < 4.78 is 2.58. The molecule has 2 heteroatoms. The Morgan fingerprint density at radius 2 is 1.52 bits per heavy atom. The van der Waals surface area contributed by atoms with Crippen LogP contribution in [-0.2, 0) is 12.8 Å². The average molecular weight is 512 g/mol. The summed E-state index contributed by atoms with van der Waals surface area (Å²) in [7, 11) is 0. The first-order valence-corrected chi connectivity index (χ1v) is 12.4. The van der Waals surface area contributed by atoms with Crippen molar-refractivity contribution in [3.8, 4) is 0 Å². The Labute approximate surface area is 191 Å². The number of aryl methyl sites for hydroxylation is 1. The number of halogens is 2. The molecule has 2 aromatic rings. The molecule has 2 unspecified atom stereocenters. The Hall–Kier alpha value is -1.12. The number of fused-ring (bicyclic) bond motifs is 3. The van der Waals surface area contributed by atoms with E-state index in [1.807, 2.05) is 0 Å². The maximum atomic E-state index is 4.01. The molecule has 0 saturated heterocycles. The highest BCUT2D eigenvalue weighted by Gasteiger charge is 2.45. The Morgan fingerprint density at radius 1 is 0.862 bits per heavy atom. The molecule has 3 aliphatic rings. The van der Waals surface area contributed by atoms with Crippen LogP contribution in [0.4, 0.5) is 0 Å². The minimum atomic E-state index is 0.0980. The number of hydrogen-bond donors (Lipinski definition) is 0. The maximum absolute atomic E-state index is 4.01. The van der Waals surface area contributed by atoms with Gasteiger partial charge in [-0.05, 0) is 100 Å². The van der Waals surface area contributed by atoms with Crippen molar-refractivity contribution in [1.29, 1.82) is 0 Å². The SMILES string of the molecule is CC1=Cc2c(Br)cccc2C1C(C)(C)C1C(C)=Cc2c1cc1c(c2Br)CCCC1. The number of hydrogen-bond acceptors (Lipinski definition) is 0. The summed E-state index contributed by atoms with van der Waals surface area (Å²) in [6, 6.07) is 9.25. The van der Waals surface area contributed by atoms with Crippen LogP contribution in [-0.4, -0.2) is 0 Å². The van der Waals surface area contributed by atoms with Crippen molar-refractivity contribution < 1.29 is 0 Å². The van der Waals surface area contributed by atoms with Crippen LogP contribution in [0.2, 0.25) is 0 Å². The zero-order valence-corrected chi connectivity index (χ0v) is 20.9. The second kappa shape index (κ2) is 6.95. The highest BCUT2D eigenvalue weighted by atomic mass is 79.9. The molecule has 0 saturated carbocycles. The van der Waals surface area contributed by atoms with Gasteiger partial charge >= 0.3 is 0 Å². The smallest absolute Gasteiger partial charge is 0.0285 e. The Bertz CT molecular complexity index is 1080. The van der Waals surface area contributed by atoms with Gasteiger partial charge in [0.2, 0.25) is 0 Å². The summed E-state index contributed by atoms with van der Waals surface area (Å²) >= 11 is 7.79. The van der Waals surface area contributed by atoms with Gasteiger partial charge in [0.05, 0.1) is 0 Å². The van der Waals surface area contributed by atoms with E-state index in [-0.39, 0.29) is 5.41 Å². The second-order valence-corrected chi connectivity index (χ2v) is 11.4. The first-order valence-electron chi connectivity index (χ1n) is 10.8. The standard InChI is InChI=1S/C27H28Br2/c1-15-12-20-19(10-7-11-23(20)28)24(15)27(3,4)25-16(2)13-22-21(25)14-17-8-5-6-9-18(17)26(22)29/h7,10-14,24-25H,5-6,8-9H2,1-4H3. The Kier molecular flexibility index (Phi) is 4.75. The summed E-state index contributed by atoms with van der Waals surface area (Å²) in [5, 5.41) is 0. The van der Waals surface area contributed by atoms with E-state index in [9.17, 15) is 0 Å². The fourth-order valence-corrected chi connectivity index (χ4v) is 7.78. The normalized spacial score (nSPS) is 22.7. The van der Waals surface area contributed by atoms with Gasteiger partial charge in [0.25, 0.3) is 0 Å². The quantitative estimate of drug-likeness (QED) is 0.377. The third-order valence-electron chi connectivity index (χ3n) is 7.50. The fraction of sp³-hybridized carbons (Fsp3) is 0.407. The van der Waals surface area contributed by atoms with Gasteiger partial charge in [0.1, 0.15) is 0 Å². The summed E-state index contributed by atoms with van der Waals surface area (Å²) in [6.07, 6.45) is 9.94. The molecule has 0 aromatic heterocycles. The highest BCUT2D eigenvalue weighted by Crippen LogP contribution is 2.59. The van der Waals surface area contributed by atoms with E-state index in [1.54, 1.807) is 11.1 Å². The van der Waals surface area contributed by atoms with Crippen molar-refractivity contribution in [3.05, 3.63) is 77.7 Å². The average Bonchev–Trinajstić information content (AvgIpc) is 3.20. The summed E-state index contributed by atoms with van der Waals surface area (Å²) in [6.45, 7) is 9.62. The minimum absolute atomic E-state index is 0.0980. The molecule has 0 nitrogen and oxygen atoms in total. The molecule has 0 aliphatic heterocycles. The van der Waals surface area contributed by atoms with Crippen LogP contribution in [0.5, 0.6) is 0 Å². The summed E-state index contributed by atoms with van der Waals surface area (Å²) in [5.74, 6) is 0.878. The van der Waals surface area contributed by atoms with Crippen molar-refractivity contribution in [3.63, 3.8) is 0 Å². The minimum Gasteiger partial charge on any atom is -0.0646 e. The molecular formula is C27H28Br2. The lowest BCUT2D eigenvalue weighted by atomic mass is 9.62. The van der Waals surface area contributed by atoms with E-state index in [1.165, 1.54) is 68.0 Å². The number of allylic oxidation sites excluding steroid dienone is 2. The molecule has 0 N–H and O–H groups in total. The fourth-order valence-electron chi connectivity index (χ4n) is 6.49. The van der Waals surface area contributed by atoms with Crippen molar-refractivity contribution in [1.82, 2.24) is 0 Å². The molecule has 0 radical (unpaired) electrons. The van der Waals surface area contributed by atoms with Gasteiger partial charge in [-0.3, -0.25) is 0 Å². The van der Waals surface area contributed by atoms with E-state index >= 15 is 0 Å². The number of rotatable bonds is 2. The second-order valence-electron chi connectivity index (χ2n) is 9.75. The van der Waals surface area contributed by atoms with Gasteiger partial charge in [0.15, 0.2) is 0 Å². The van der Waals surface area contributed by atoms with Gasteiger partial charge in [-0.25, -0.2) is 0 Å². The summed E-state index contributed by atoms with van der Waals surface area (Å²) in [4.78, 5) is 0. The molecule has 5 rings (SSSR count). The monoisotopic (exact) mass is 510 g/mol. The molecule has 2 aromatic carbocycles. The third kappa shape index (κ3) is 2.89. The predicted molar refractivity (Wildman–Crippen MR) is 131 cm³/mol. The predicted octanol–water partition coefficient (Wildman–Crippen LogP) is 8.82. The first kappa shape index (κ1) is 19.8. The van der Waals surface area contributed by atoms with Crippen molar-refractivity contribution in [2.75, 3.05) is 0 Å². The Morgan fingerprint density at radius 3 is 2.28 bits per heavy atom. The molecule has 150 valence electrons. The topological polar surface area (TPSA) is 0 Å². The lowest BCUT2D eigenvalue weighted by Crippen LogP contribution is -2.30. The highest BCUT2D eigenvalue weighted by molar-refractivity contribution is 9.10. The van der Waals surface area contributed by atoms with Crippen LogP contribution in [0, 0.1) is 5.41 Å². The van der Waals surface area contributed by atoms with Crippen LogP contribution < -0.4 is 0 Å². The van der Waals surface area contributed by atoms with Gasteiger partial charge in [-0.1, -0.05) is 71.3 Å². The van der Waals surface area contributed by atoms with E-state index in [0.29, 0.717) is 11.8 Å². The molecule has 0 spiro atoms. The Balaban J connectivity index is 1.65. The van der Waals surface area contributed by atoms with E-state index in [4.69, 9.17) is 0 Å². The molecule has 0 fully saturated rings. The number of benzene rings is 2. The summed E-state index contributed by atoms with van der Waals surface area (Å²) in [5.41, 5.74) is 12.0. The molecule has 3 aliphatic carbocycles. The third-order valence-corrected chi connectivity index (χ3v) is 9.10. The van der Waals surface area contributed by atoms with Crippen molar-refractivity contribution >= 4 is 44.0 Å². The molecule has 0 heterocycles. The van der Waals surface area contributed by atoms with Crippen molar-refractivity contribution in [2.45, 2.75) is 65.2 Å². The molecule has 29 heavy (non-hydrogen) atoms. The van der Waals surface area contributed by atoms with Crippen LogP contribution >= 0.6 is 31.9 Å². The molecule has 2 atom stereocenters. The van der Waals surface area contributed by atoms with Crippen molar-refractivity contribution in [2.24, 2.45) is 5.41 Å². The lowest BCUT2D eigenvalue weighted by Gasteiger charge is -2.41. The van der Waals surface area contributed by atoms with Crippen LogP contribution in [0.3, 0.4) is 0 Å². The first-order chi connectivity index (χ1) is 13.8. The zero-order chi connectivity index (χ0) is 20.5.